The Balaban J connectivity index is 3.01. The molecule has 1 rings (SSSR count). The minimum absolute atomic E-state index is 0.487. The molecule has 2 unspecified atom stereocenters. The van der Waals surface area contributed by atoms with Gasteiger partial charge in [-0.15, -0.1) is 0 Å². The summed E-state index contributed by atoms with van der Waals surface area (Å²) in [6.07, 6.45) is 0.672. The van der Waals surface area contributed by atoms with Crippen LogP contribution in [0.5, 0.6) is 0 Å². The molecule has 0 aromatic carbocycles. The van der Waals surface area contributed by atoms with Crippen molar-refractivity contribution in [2.45, 2.75) is 39.7 Å². The van der Waals surface area contributed by atoms with Gasteiger partial charge in [-0.25, -0.2) is 0 Å². The smallest absolute Gasteiger partial charge is 0.309 e. The van der Waals surface area contributed by atoms with Crippen LogP contribution >= 0.6 is 0 Å². The van der Waals surface area contributed by atoms with Gasteiger partial charge in [-0.3, -0.25) is 4.79 Å². The first-order valence-corrected chi connectivity index (χ1v) is 4.24. The molecule has 2 atom stereocenters. The van der Waals surface area contributed by atoms with E-state index in [4.69, 9.17) is 5.11 Å². The summed E-state index contributed by atoms with van der Waals surface area (Å²) in [5.74, 6) is -0.802. The van der Waals surface area contributed by atoms with Crippen LogP contribution in [-0.2, 0) is 4.79 Å². The number of hydrogen-bond acceptors (Lipinski definition) is 2. The van der Waals surface area contributed by atoms with Gasteiger partial charge in [0.15, 0.2) is 0 Å². The fourth-order valence-corrected chi connectivity index (χ4v) is 1.86. The average Bonchev–Trinajstić information content (AvgIpc) is 2.15. The molecule has 1 aliphatic rings. The highest BCUT2D eigenvalue weighted by molar-refractivity contribution is 5.75. The molecule has 0 amide bonds. The van der Waals surface area contributed by atoms with E-state index >= 15 is 0 Å². The predicted octanol–water partition coefficient (Wildman–Crippen LogP) is 1.26. The van der Waals surface area contributed by atoms with Gasteiger partial charge in [-0.2, -0.15) is 0 Å². The molecule has 1 fully saturated rings. The van der Waals surface area contributed by atoms with Crippen LogP contribution in [0.4, 0.5) is 0 Å². The molecule has 3 nitrogen and oxygen atoms in total. The summed E-state index contributed by atoms with van der Waals surface area (Å²) in [5, 5.41) is 18.6. The van der Waals surface area contributed by atoms with Crippen LogP contribution in [0.2, 0.25) is 0 Å². The van der Waals surface area contributed by atoms with Gasteiger partial charge >= 0.3 is 5.97 Å². The molecule has 0 spiro atoms. The molecule has 0 aromatic heterocycles. The lowest BCUT2D eigenvalue weighted by molar-refractivity contribution is -0.155. The second-order valence-electron chi connectivity index (χ2n) is 4.41. The summed E-state index contributed by atoms with van der Waals surface area (Å²) in [4.78, 5) is 11.0. The molecule has 3 heteroatoms. The molecule has 0 saturated heterocycles. The molecule has 0 aromatic rings. The van der Waals surface area contributed by atoms with Crippen molar-refractivity contribution in [1.29, 1.82) is 0 Å². The molecule has 12 heavy (non-hydrogen) atoms. The van der Waals surface area contributed by atoms with Gasteiger partial charge in [0.2, 0.25) is 0 Å². The van der Waals surface area contributed by atoms with Crippen molar-refractivity contribution in [3.8, 4) is 0 Å². The lowest BCUT2D eigenvalue weighted by Gasteiger charge is -2.36. The minimum atomic E-state index is -0.802. The summed E-state index contributed by atoms with van der Waals surface area (Å²) in [7, 11) is 0. The standard InChI is InChI=1S/C9H16O3/c1-8(2)6(10)4-5-9(8,3)7(11)12/h6,10H,4-5H2,1-3H3,(H,11,12). The van der Waals surface area contributed by atoms with E-state index in [0.29, 0.717) is 12.8 Å². The van der Waals surface area contributed by atoms with Gasteiger partial charge < -0.3 is 10.2 Å². The van der Waals surface area contributed by atoms with Crippen molar-refractivity contribution >= 4 is 5.97 Å². The monoisotopic (exact) mass is 172 g/mol. The molecule has 0 aliphatic heterocycles. The molecule has 0 radical (unpaired) electrons. The van der Waals surface area contributed by atoms with Gasteiger partial charge in [0.05, 0.1) is 11.5 Å². The van der Waals surface area contributed by atoms with Crippen LogP contribution in [-0.4, -0.2) is 22.3 Å². The normalized spacial score (nSPS) is 39.8. The molecular formula is C9H16O3. The summed E-state index contributed by atoms with van der Waals surface area (Å²) in [6, 6.07) is 0. The summed E-state index contributed by atoms with van der Waals surface area (Å²) in [5.41, 5.74) is -1.29. The third kappa shape index (κ3) is 0.959. The Morgan fingerprint density at radius 2 is 1.92 bits per heavy atom. The van der Waals surface area contributed by atoms with E-state index in [1.54, 1.807) is 6.92 Å². The lowest BCUT2D eigenvalue weighted by Crippen LogP contribution is -2.42. The predicted molar refractivity (Wildman–Crippen MR) is 44.8 cm³/mol. The van der Waals surface area contributed by atoms with Gasteiger partial charge in [0.25, 0.3) is 0 Å². The Bertz CT molecular complexity index is 210. The zero-order valence-electron chi connectivity index (χ0n) is 7.79. The first-order chi connectivity index (χ1) is 5.32. The van der Waals surface area contributed by atoms with E-state index in [1.807, 2.05) is 13.8 Å². The SMILES string of the molecule is CC1(C(=O)O)CCC(O)C1(C)C. The van der Waals surface area contributed by atoms with Crippen molar-refractivity contribution in [2.24, 2.45) is 10.8 Å². The van der Waals surface area contributed by atoms with Crippen molar-refractivity contribution in [1.82, 2.24) is 0 Å². The van der Waals surface area contributed by atoms with Crippen molar-refractivity contribution in [3.63, 3.8) is 0 Å². The van der Waals surface area contributed by atoms with Crippen LogP contribution < -0.4 is 0 Å². The van der Waals surface area contributed by atoms with E-state index in [2.05, 4.69) is 0 Å². The maximum absolute atomic E-state index is 11.0. The Labute approximate surface area is 72.4 Å². The number of carbonyl (C=O) groups is 1. The number of aliphatic carboxylic acids is 1. The topological polar surface area (TPSA) is 57.5 Å². The number of hydrogen-bond donors (Lipinski definition) is 2. The molecule has 2 N–H and O–H groups in total. The maximum Gasteiger partial charge on any atom is 0.309 e. The van der Waals surface area contributed by atoms with E-state index in [0.717, 1.165) is 0 Å². The zero-order valence-corrected chi connectivity index (χ0v) is 7.79. The fraction of sp³-hybridized carbons (Fsp3) is 0.889. The quantitative estimate of drug-likeness (QED) is 0.626. The molecule has 1 saturated carbocycles. The van der Waals surface area contributed by atoms with Gasteiger partial charge in [0, 0.05) is 5.41 Å². The highest BCUT2D eigenvalue weighted by Gasteiger charge is 2.55. The molecular weight excluding hydrogens is 156 g/mol. The molecule has 0 heterocycles. The first-order valence-electron chi connectivity index (χ1n) is 4.24. The maximum atomic E-state index is 11.0. The Kier molecular flexibility index (Phi) is 1.95. The highest BCUT2D eigenvalue weighted by atomic mass is 16.4. The van der Waals surface area contributed by atoms with Gasteiger partial charge in [-0.05, 0) is 19.8 Å². The summed E-state index contributed by atoms with van der Waals surface area (Å²) in [6.45, 7) is 5.35. The van der Waals surface area contributed by atoms with Crippen LogP contribution in [0.3, 0.4) is 0 Å². The van der Waals surface area contributed by atoms with Gasteiger partial charge in [0.1, 0.15) is 0 Å². The highest BCUT2D eigenvalue weighted by Crippen LogP contribution is 2.52. The third-order valence-corrected chi connectivity index (χ3v) is 3.64. The largest absolute Gasteiger partial charge is 0.481 e. The fourth-order valence-electron chi connectivity index (χ4n) is 1.86. The molecule has 70 valence electrons. The van der Waals surface area contributed by atoms with E-state index in [1.165, 1.54) is 0 Å². The minimum Gasteiger partial charge on any atom is -0.481 e. The van der Waals surface area contributed by atoms with Crippen LogP contribution in [0.1, 0.15) is 33.6 Å². The lowest BCUT2D eigenvalue weighted by atomic mass is 9.68. The molecule has 1 aliphatic carbocycles. The summed E-state index contributed by atoms with van der Waals surface area (Å²) < 4.78 is 0. The summed E-state index contributed by atoms with van der Waals surface area (Å²) >= 11 is 0. The second-order valence-corrected chi connectivity index (χ2v) is 4.41. The van der Waals surface area contributed by atoms with Crippen LogP contribution in [0.25, 0.3) is 0 Å². The molecule has 0 bridgehead atoms. The van der Waals surface area contributed by atoms with Crippen LogP contribution in [0, 0.1) is 10.8 Å². The van der Waals surface area contributed by atoms with Gasteiger partial charge in [-0.1, -0.05) is 13.8 Å². The number of carboxylic acid groups (broad SMARTS) is 1. The van der Waals surface area contributed by atoms with Crippen molar-refractivity contribution in [3.05, 3.63) is 0 Å². The number of aliphatic hydroxyl groups is 1. The average molecular weight is 172 g/mol. The zero-order chi connectivity index (χ0) is 9.57. The third-order valence-electron chi connectivity index (χ3n) is 3.64. The Hall–Kier alpha value is -0.570. The van der Waals surface area contributed by atoms with Crippen LogP contribution in [0.15, 0.2) is 0 Å². The Morgan fingerprint density at radius 1 is 1.42 bits per heavy atom. The number of carboxylic acids is 1. The second kappa shape index (κ2) is 2.46. The first kappa shape index (κ1) is 9.52. The number of rotatable bonds is 1. The van der Waals surface area contributed by atoms with E-state index < -0.39 is 22.9 Å². The van der Waals surface area contributed by atoms with Crippen molar-refractivity contribution < 1.29 is 15.0 Å². The number of aliphatic hydroxyl groups excluding tert-OH is 1. The van der Waals surface area contributed by atoms with Crippen molar-refractivity contribution in [2.75, 3.05) is 0 Å². The van der Waals surface area contributed by atoms with E-state index in [-0.39, 0.29) is 0 Å². The Morgan fingerprint density at radius 3 is 2.08 bits per heavy atom. The van der Waals surface area contributed by atoms with E-state index in [9.17, 15) is 9.90 Å².